The lowest BCUT2D eigenvalue weighted by molar-refractivity contribution is -0.0585. The standard InChI is InChI=1S/C15H21FO2/c1-3-11-7-4-5-10-15(11,17)12-8-6-9-13(18-2)14(12)16/h6,8-9,11,17H,3-5,7,10H2,1-2H3. The van der Waals surface area contributed by atoms with Gasteiger partial charge in [-0.15, -0.1) is 0 Å². The van der Waals surface area contributed by atoms with E-state index in [9.17, 15) is 9.50 Å². The van der Waals surface area contributed by atoms with Gasteiger partial charge in [-0.25, -0.2) is 4.39 Å². The number of benzene rings is 1. The third kappa shape index (κ3) is 2.12. The average Bonchev–Trinajstić information content (AvgIpc) is 2.39. The molecule has 1 aromatic carbocycles. The Morgan fingerprint density at radius 2 is 2.22 bits per heavy atom. The first-order valence-electron chi connectivity index (χ1n) is 6.68. The zero-order valence-corrected chi connectivity index (χ0v) is 11.1. The molecule has 1 fully saturated rings. The largest absolute Gasteiger partial charge is 0.494 e. The van der Waals surface area contributed by atoms with Crippen molar-refractivity contribution in [1.82, 2.24) is 0 Å². The highest BCUT2D eigenvalue weighted by molar-refractivity contribution is 5.35. The van der Waals surface area contributed by atoms with Crippen LogP contribution < -0.4 is 4.74 Å². The number of ether oxygens (including phenoxy) is 1. The number of hydrogen-bond acceptors (Lipinski definition) is 2. The smallest absolute Gasteiger partial charge is 0.171 e. The van der Waals surface area contributed by atoms with E-state index in [2.05, 4.69) is 6.92 Å². The normalized spacial score (nSPS) is 28.1. The summed E-state index contributed by atoms with van der Waals surface area (Å²) in [5.41, 5.74) is -0.639. The molecule has 1 aromatic rings. The van der Waals surface area contributed by atoms with Crippen molar-refractivity contribution < 1.29 is 14.2 Å². The van der Waals surface area contributed by atoms with Gasteiger partial charge in [0.25, 0.3) is 0 Å². The first-order valence-corrected chi connectivity index (χ1v) is 6.68. The molecule has 3 heteroatoms. The van der Waals surface area contributed by atoms with Gasteiger partial charge in [0, 0.05) is 5.56 Å². The van der Waals surface area contributed by atoms with Gasteiger partial charge < -0.3 is 9.84 Å². The van der Waals surface area contributed by atoms with Gasteiger partial charge >= 0.3 is 0 Å². The molecule has 2 rings (SSSR count). The highest BCUT2D eigenvalue weighted by Crippen LogP contribution is 2.45. The maximum atomic E-state index is 14.3. The van der Waals surface area contributed by atoms with Crippen molar-refractivity contribution in [1.29, 1.82) is 0 Å². The summed E-state index contributed by atoms with van der Waals surface area (Å²) >= 11 is 0. The van der Waals surface area contributed by atoms with Crippen molar-refractivity contribution in [3.63, 3.8) is 0 Å². The molecule has 2 unspecified atom stereocenters. The minimum Gasteiger partial charge on any atom is -0.494 e. The molecule has 0 spiro atoms. The maximum absolute atomic E-state index is 14.3. The summed E-state index contributed by atoms with van der Waals surface area (Å²) in [7, 11) is 1.45. The molecule has 0 aliphatic heterocycles. The first-order chi connectivity index (χ1) is 8.63. The predicted molar refractivity (Wildman–Crippen MR) is 69.1 cm³/mol. The van der Waals surface area contributed by atoms with Crippen molar-refractivity contribution in [3.05, 3.63) is 29.6 Å². The molecule has 1 aliphatic rings. The minimum absolute atomic E-state index is 0.132. The summed E-state index contributed by atoms with van der Waals surface area (Å²) in [6.07, 6.45) is 4.53. The SMILES string of the molecule is CCC1CCCCC1(O)c1cccc(OC)c1F. The fraction of sp³-hybridized carbons (Fsp3) is 0.600. The van der Waals surface area contributed by atoms with Gasteiger partial charge in [-0.05, 0) is 24.8 Å². The molecule has 2 nitrogen and oxygen atoms in total. The Morgan fingerprint density at radius 1 is 1.44 bits per heavy atom. The zero-order chi connectivity index (χ0) is 13.2. The molecular formula is C15H21FO2. The highest BCUT2D eigenvalue weighted by atomic mass is 19.1. The van der Waals surface area contributed by atoms with Crippen LogP contribution in [0.15, 0.2) is 18.2 Å². The molecule has 1 saturated carbocycles. The number of hydrogen-bond donors (Lipinski definition) is 1. The van der Waals surface area contributed by atoms with Crippen LogP contribution in [0.25, 0.3) is 0 Å². The Hall–Kier alpha value is -1.09. The molecule has 2 atom stereocenters. The molecule has 0 amide bonds. The predicted octanol–water partition coefficient (Wildman–Crippen LogP) is 3.62. The number of rotatable bonds is 3. The second-order valence-corrected chi connectivity index (χ2v) is 5.10. The first kappa shape index (κ1) is 13.3. The summed E-state index contributed by atoms with van der Waals surface area (Å²) in [5.74, 6) is -0.0722. The molecule has 0 saturated heterocycles. The summed E-state index contributed by atoms with van der Waals surface area (Å²) in [5, 5.41) is 10.9. The third-order valence-corrected chi connectivity index (χ3v) is 4.18. The van der Waals surface area contributed by atoms with E-state index >= 15 is 0 Å². The fourth-order valence-electron chi connectivity index (χ4n) is 3.13. The number of methoxy groups -OCH3 is 1. The van der Waals surface area contributed by atoms with Crippen LogP contribution in [0.3, 0.4) is 0 Å². The maximum Gasteiger partial charge on any atom is 0.171 e. The van der Waals surface area contributed by atoms with Crippen molar-refractivity contribution in [2.75, 3.05) is 7.11 Å². The fourth-order valence-corrected chi connectivity index (χ4v) is 3.13. The quantitative estimate of drug-likeness (QED) is 0.890. The van der Waals surface area contributed by atoms with Gasteiger partial charge in [0.1, 0.15) is 0 Å². The molecule has 18 heavy (non-hydrogen) atoms. The van der Waals surface area contributed by atoms with Crippen LogP contribution in [-0.2, 0) is 5.60 Å². The summed E-state index contributed by atoms with van der Waals surface area (Å²) in [6, 6.07) is 5.02. The number of halogens is 1. The molecule has 0 radical (unpaired) electrons. The van der Waals surface area contributed by atoms with Crippen LogP contribution in [0, 0.1) is 11.7 Å². The van der Waals surface area contributed by atoms with Crippen LogP contribution in [0.2, 0.25) is 0 Å². The lowest BCUT2D eigenvalue weighted by atomic mass is 9.70. The Bertz CT molecular complexity index is 419. The van der Waals surface area contributed by atoms with Crippen LogP contribution >= 0.6 is 0 Å². The summed E-state index contributed by atoms with van der Waals surface area (Å²) < 4.78 is 19.3. The summed E-state index contributed by atoms with van der Waals surface area (Å²) in [6.45, 7) is 2.05. The zero-order valence-electron chi connectivity index (χ0n) is 11.1. The Kier molecular flexibility index (Phi) is 3.91. The topological polar surface area (TPSA) is 29.5 Å². The van der Waals surface area contributed by atoms with Crippen LogP contribution in [0.5, 0.6) is 5.75 Å². The van der Waals surface area contributed by atoms with Gasteiger partial charge in [0.15, 0.2) is 11.6 Å². The summed E-state index contributed by atoms with van der Waals surface area (Å²) in [4.78, 5) is 0. The van der Waals surface area contributed by atoms with E-state index in [-0.39, 0.29) is 11.7 Å². The van der Waals surface area contributed by atoms with Crippen molar-refractivity contribution in [3.8, 4) is 5.75 Å². The van der Waals surface area contributed by atoms with E-state index in [1.54, 1.807) is 18.2 Å². The Labute approximate surface area is 108 Å². The molecule has 0 bridgehead atoms. The van der Waals surface area contributed by atoms with Crippen molar-refractivity contribution in [2.45, 2.75) is 44.6 Å². The second kappa shape index (κ2) is 5.27. The second-order valence-electron chi connectivity index (χ2n) is 5.10. The van der Waals surface area contributed by atoms with Crippen LogP contribution in [-0.4, -0.2) is 12.2 Å². The Morgan fingerprint density at radius 3 is 2.89 bits per heavy atom. The van der Waals surface area contributed by atoms with E-state index in [0.717, 1.165) is 25.7 Å². The van der Waals surface area contributed by atoms with E-state index < -0.39 is 11.4 Å². The molecule has 1 N–H and O–H groups in total. The molecule has 1 aliphatic carbocycles. The molecular weight excluding hydrogens is 231 g/mol. The molecule has 0 heterocycles. The van der Waals surface area contributed by atoms with Crippen LogP contribution in [0.4, 0.5) is 4.39 Å². The monoisotopic (exact) mass is 252 g/mol. The highest BCUT2D eigenvalue weighted by Gasteiger charge is 2.41. The average molecular weight is 252 g/mol. The van der Waals surface area contributed by atoms with E-state index in [1.807, 2.05) is 0 Å². The van der Waals surface area contributed by atoms with Gasteiger partial charge in [-0.2, -0.15) is 0 Å². The van der Waals surface area contributed by atoms with E-state index in [1.165, 1.54) is 7.11 Å². The van der Waals surface area contributed by atoms with Gasteiger partial charge in [-0.1, -0.05) is 38.3 Å². The van der Waals surface area contributed by atoms with Gasteiger partial charge in [0.2, 0.25) is 0 Å². The van der Waals surface area contributed by atoms with Gasteiger partial charge in [0.05, 0.1) is 12.7 Å². The van der Waals surface area contributed by atoms with Crippen molar-refractivity contribution >= 4 is 0 Å². The van der Waals surface area contributed by atoms with Crippen molar-refractivity contribution in [2.24, 2.45) is 5.92 Å². The minimum atomic E-state index is -1.04. The third-order valence-electron chi connectivity index (χ3n) is 4.18. The van der Waals surface area contributed by atoms with Gasteiger partial charge in [-0.3, -0.25) is 0 Å². The molecule has 0 aromatic heterocycles. The molecule has 100 valence electrons. The van der Waals surface area contributed by atoms with E-state index in [0.29, 0.717) is 12.0 Å². The lowest BCUT2D eigenvalue weighted by Gasteiger charge is -2.40. The van der Waals surface area contributed by atoms with Crippen LogP contribution in [0.1, 0.15) is 44.6 Å². The number of aliphatic hydroxyl groups is 1. The van der Waals surface area contributed by atoms with E-state index in [4.69, 9.17) is 4.74 Å². The Balaban J connectivity index is 2.45. The lowest BCUT2D eigenvalue weighted by Crippen LogP contribution is -2.38.